The van der Waals surface area contributed by atoms with Crippen LogP contribution in [0.4, 0.5) is 4.39 Å². The number of aromatic nitrogens is 1. The van der Waals surface area contributed by atoms with Gasteiger partial charge in [-0.15, -0.1) is 0 Å². The monoisotopic (exact) mass is 244 g/mol. The molecule has 2 rings (SSSR count). The molecule has 1 aromatic carbocycles. The smallest absolute Gasteiger partial charge is 0.123 e. The van der Waals surface area contributed by atoms with Crippen LogP contribution in [-0.2, 0) is 6.42 Å². The number of hydrogen-bond acceptors (Lipinski definition) is 2. The van der Waals surface area contributed by atoms with Crippen molar-refractivity contribution in [2.24, 2.45) is 5.73 Å². The van der Waals surface area contributed by atoms with Gasteiger partial charge in [-0.2, -0.15) is 0 Å². The van der Waals surface area contributed by atoms with Crippen LogP contribution in [0.2, 0.25) is 0 Å². The predicted octanol–water partition coefficient (Wildman–Crippen LogP) is 3.08. The summed E-state index contributed by atoms with van der Waals surface area (Å²) in [7, 11) is 0. The van der Waals surface area contributed by atoms with Crippen LogP contribution in [0.15, 0.2) is 36.7 Å². The molecule has 2 nitrogen and oxygen atoms in total. The van der Waals surface area contributed by atoms with Gasteiger partial charge in [0.15, 0.2) is 0 Å². The minimum Gasteiger partial charge on any atom is -0.324 e. The first kappa shape index (κ1) is 12.7. The van der Waals surface area contributed by atoms with Crippen molar-refractivity contribution in [1.29, 1.82) is 0 Å². The first-order chi connectivity index (χ1) is 8.56. The molecule has 0 aliphatic rings. The van der Waals surface area contributed by atoms with Crippen LogP contribution in [-0.4, -0.2) is 4.98 Å². The number of halogens is 1. The summed E-state index contributed by atoms with van der Waals surface area (Å²) in [6, 6.07) is 6.74. The van der Waals surface area contributed by atoms with Gasteiger partial charge in [0.25, 0.3) is 0 Å². The lowest BCUT2D eigenvalue weighted by molar-refractivity contribution is 0.623. The Morgan fingerprint density at radius 2 is 2.00 bits per heavy atom. The molecule has 2 N–H and O–H groups in total. The molecule has 1 unspecified atom stereocenters. The Morgan fingerprint density at radius 1 is 1.22 bits per heavy atom. The second-order valence-corrected chi connectivity index (χ2v) is 4.68. The van der Waals surface area contributed by atoms with Gasteiger partial charge in [-0.1, -0.05) is 12.1 Å². The highest BCUT2D eigenvalue weighted by molar-refractivity contribution is 5.29. The fraction of sp³-hybridized carbons (Fsp3) is 0.267. The van der Waals surface area contributed by atoms with Crippen molar-refractivity contribution in [3.05, 3.63) is 64.7 Å². The number of nitrogens with zero attached hydrogens (tertiary/aromatic N) is 1. The van der Waals surface area contributed by atoms with Crippen molar-refractivity contribution in [1.82, 2.24) is 4.98 Å². The average molecular weight is 244 g/mol. The minimum atomic E-state index is -0.206. The van der Waals surface area contributed by atoms with Crippen LogP contribution in [0.25, 0.3) is 0 Å². The number of nitrogens with two attached hydrogens (primary N) is 1. The van der Waals surface area contributed by atoms with Crippen LogP contribution < -0.4 is 5.73 Å². The average Bonchev–Trinajstić information content (AvgIpc) is 2.32. The van der Waals surface area contributed by atoms with E-state index in [1.54, 1.807) is 18.5 Å². The SMILES string of the molecule is Cc1cncc(C(N)Cc2ccc(F)cc2C)c1. The van der Waals surface area contributed by atoms with Gasteiger partial charge in [0, 0.05) is 18.4 Å². The first-order valence-corrected chi connectivity index (χ1v) is 5.98. The van der Waals surface area contributed by atoms with Crippen LogP contribution in [0.5, 0.6) is 0 Å². The van der Waals surface area contributed by atoms with E-state index in [1.807, 2.05) is 19.9 Å². The Bertz CT molecular complexity index is 552. The van der Waals surface area contributed by atoms with Gasteiger partial charge in [-0.05, 0) is 54.7 Å². The summed E-state index contributed by atoms with van der Waals surface area (Å²) < 4.78 is 13.0. The van der Waals surface area contributed by atoms with Crippen molar-refractivity contribution in [2.75, 3.05) is 0 Å². The maximum absolute atomic E-state index is 13.0. The normalized spacial score (nSPS) is 12.4. The van der Waals surface area contributed by atoms with Gasteiger partial charge in [-0.3, -0.25) is 4.98 Å². The van der Waals surface area contributed by atoms with E-state index in [1.165, 1.54) is 12.1 Å². The molecule has 0 fully saturated rings. The molecule has 18 heavy (non-hydrogen) atoms. The van der Waals surface area contributed by atoms with E-state index in [9.17, 15) is 4.39 Å². The van der Waals surface area contributed by atoms with E-state index >= 15 is 0 Å². The summed E-state index contributed by atoms with van der Waals surface area (Å²) in [5, 5.41) is 0. The molecule has 0 aliphatic carbocycles. The fourth-order valence-electron chi connectivity index (χ4n) is 2.02. The summed E-state index contributed by atoms with van der Waals surface area (Å²) >= 11 is 0. The molecule has 0 spiro atoms. The Morgan fingerprint density at radius 3 is 2.67 bits per heavy atom. The lowest BCUT2D eigenvalue weighted by Crippen LogP contribution is -2.14. The molecule has 0 aliphatic heterocycles. The van der Waals surface area contributed by atoms with Gasteiger partial charge in [0.1, 0.15) is 5.82 Å². The van der Waals surface area contributed by atoms with Gasteiger partial charge < -0.3 is 5.73 Å². The highest BCUT2D eigenvalue weighted by Crippen LogP contribution is 2.19. The predicted molar refractivity (Wildman–Crippen MR) is 70.7 cm³/mol. The molecule has 0 amide bonds. The van der Waals surface area contributed by atoms with Crippen LogP contribution in [0.1, 0.15) is 28.3 Å². The fourth-order valence-corrected chi connectivity index (χ4v) is 2.02. The molecule has 0 saturated carbocycles. The van der Waals surface area contributed by atoms with Gasteiger partial charge in [-0.25, -0.2) is 4.39 Å². The molecule has 3 heteroatoms. The number of rotatable bonds is 3. The third-order valence-corrected chi connectivity index (χ3v) is 3.07. The van der Waals surface area contributed by atoms with Crippen molar-refractivity contribution < 1.29 is 4.39 Å². The minimum absolute atomic E-state index is 0.110. The zero-order chi connectivity index (χ0) is 13.1. The first-order valence-electron chi connectivity index (χ1n) is 5.98. The van der Waals surface area contributed by atoms with Crippen LogP contribution in [0, 0.1) is 19.7 Å². The van der Waals surface area contributed by atoms with Crippen LogP contribution >= 0.6 is 0 Å². The summed E-state index contributed by atoms with van der Waals surface area (Å²) in [5.41, 5.74) is 10.3. The maximum Gasteiger partial charge on any atom is 0.123 e. The summed E-state index contributed by atoms with van der Waals surface area (Å²) in [5.74, 6) is -0.206. The van der Waals surface area contributed by atoms with E-state index in [0.717, 1.165) is 22.3 Å². The second kappa shape index (κ2) is 5.27. The van der Waals surface area contributed by atoms with E-state index < -0.39 is 0 Å². The standard InChI is InChI=1S/C15H17FN2/c1-10-5-13(9-18-8-10)15(17)7-12-3-4-14(16)6-11(12)2/h3-6,8-9,15H,7,17H2,1-2H3. The lowest BCUT2D eigenvalue weighted by Gasteiger charge is -2.14. The van der Waals surface area contributed by atoms with Crippen molar-refractivity contribution in [3.63, 3.8) is 0 Å². The van der Waals surface area contributed by atoms with E-state index in [4.69, 9.17) is 5.73 Å². The number of aryl methyl sites for hydroxylation is 2. The topological polar surface area (TPSA) is 38.9 Å². The molecule has 2 aromatic rings. The lowest BCUT2D eigenvalue weighted by atomic mass is 9.97. The molecule has 1 aromatic heterocycles. The highest BCUT2D eigenvalue weighted by Gasteiger charge is 2.09. The Kier molecular flexibility index (Phi) is 3.72. The van der Waals surface area contributed by atoms with Gasteiger partial charge >= 0.3 is 0 Å². The van der Waals surface area contributed by atoms with Crippen molar-refractivity contribution in [3.8, 4) is 0 Å². The molecule has 0 bridgehead atoms. The Hall–Kier alpha value is -1.74. The summed E-state index contributed by atoms with van der Waals surface area (Å²) in [4.78, 5) is 4.14. The molecular weight excluding hydrogens is 227 g/mol. The Balaban J connectivity index is 2.18. The van der Waals surface area contributed by atoms with Crippen molar-refractivity contribution >= 4 is 0 Å². The van der Waals surface area contributed by atoms with E-state index in [0.29, 0.717) is 6.42 Å². The molecule has 1 atom stereocenters. The highest BCUT2D eigenvalue weighted by atomic mass is 19.1. The molecule has 0 radical (unpaired) electrons. The third kappa shape index (κ3) is 2.93. The second-order valence-electron chi connectivity index (χ2n) is 4.68. The van der Waals surface area contributed by atoms with Gasteiger partial charge in [0.2, 0.25) is 0 Å². The van der Waals surface area contributed by atoms with Crippen molar-refractivity contribution in [2.45, 2.75) is 26.3 Å². The number of hydrogen-bond donors (Lipinski definition) is 1. The van der Waals surface area contributed by atoms with E-state index in [2.05, 4.69) is 4.98 Å². The molecule has 0 saturated heterocycles. The summed E-state index contributed by atoms with van der Waals surface area (Å²) in [6.45, 7) is 3.89. The van der Waals surface area contributed by atoms with Gasteiger partial charge in [0.05, 0.1) is 0 Å². The van der Waals surface area contributed by atoms with E-state index in [-0.39, 0.29) is 11.9 Å². The zero-order valence-corrected chi connectivity index (χ0v) is 10.7. The maximum atomic E-state index is 13.0. The molecular formula is C15H17FN2. The number of pyridine rings is 1. The summed E-state index contributed by atoms with van der Waals surface area (Å²) in [6.07, 6.45) is 4.28. The third-order valence-electron chi connectivity index (χ3n) is 3.07. The molecule has 1 heterocycles. The molecule has 94 valence electrons. The Labute approximate surface area is 107 Å². The zero-order valence-electron chi connectivity index (χ0n) is 10.7. The largest absolute Gasteiger partial charge is 0.324 e. The quantitative estimate of drug-likeness (QED) is 0.901. The van der Waals surface area contributed by atoms with Crippen LogP contribution in [0.3, 0.4) is 0 Å². The number of benzene rings is 1.